The van der Waals surface area contributed by atoms with Crippen LogP contribution in [0.5, 0.6) is 0 Å². The first-order chi connectivity index (χ1) is 9.09. The Hall–Kier alpha value is -2.76. The van der Waals surface area contributed by atoms with Gasteiger partial charge in [-0.15, -0.1) is 0 Å². The number of amides is 1. The van der Waals surface area contributed by atoms with Crippen molar-refractivity contribution in [2.75, 3.05) is 4.90 Å². The molecule has 0 saturated carbocycles. The van der Waals surface area contributed by atoms with Gasteiger partial charge in [0.25, 0.3) is 0 Å². The minimum atomic E-state index is -1.06. The maximum atomic E-state index is 11.7. The minimum Gasteiger partial charge on any atom is -0.478 e. The fourth-order valence-electron chi connectivity index (χ4n) is 1.62. The molecule has 0 fully saturated rings. The summed E-state index contributed by atoms with van der Waals surface area (Å²) in [7, 11) is 0. The van der Waals surface area contributed by atoms with E-state index in [1.165, 1.54) is 36.4 Å². The van der Waals surface area contributed by atoms with Gasteiger partial charge in [-0.25, -0.2) is 19.7 Å². The molecule has 0 spiro atoms. The Morgan fingerprint density at radius 3 is 2.42 bits per heavy atom. The van der Waals surface area contributed by atoms with Crippen LogP contribution < -0.4 is 4.90 Å². The minimum absolute atomic E-state index is 0.0969. The van der Waals surface area contributed by atoms with E-state index in [2.05, 4.69) is 9.97 Å². The largest absolute Gasteiger partial charge is 0.478 e. The van der Waals surface area contributed by atoms with Gasteiger partial charge in [0.05, 0.1) is 11.3 Å². The third kappa shape index (κ3) is 2.74. The number of hydrogen-bond acceptors (Lipinski definition) is 4. The van der Waals surface area contributed by atoms with Gasteiger partial charge in [0.1, 0.15) is 0 Å². The molecule has 6 heteroatoms. The number of carbonyl (C=O) groups is 2. The van der Waals surface area contributed by atoms with Crippen LogP contribution in [-0.2, 0) is 4.79 Å². The van der Waals surface area contributed by atoms with E-state index in [1.54, 1.807) is 18.2 Å². The van der Waals surface area contributed by atoms with Crippen LogP contribution in [0.4, 0.5) is 11.6 Å². The van der Waals surface area contributed by atoms with E-state index in [4.69, 9.17) is 5.11 Å². The fraction of sp³-hybridized carbons (Fsp3) is 0.0769. The maximum absolute atomic E-state index is 11.7. The van der Waals surface area contributed by atoms with Crippen LogP contribution in [0.3, 0.4) is 0 Å². The summed E-state index contributed by atoms with van der Waals surface area (Å²) in [6.07, 6.45) is 3.03. The molecule has 2 rings (SSSR count). The normalized spacial score (nSPS) is 9.95. The molecule has 1 aromatic heterocycles. The molecule has 19 heavy (non-hydrogen) atoms. The van der Waals surface area contributed by atoms with Crippen molar-refractivity contribution in [1.29, 1.82) is 0 Å². The average Bonchev–Trinajstić information content (AvgIpc) is 2.40. The van der Waals surface area contributed by atoms with Crippen molar-refractivity contribution in [2.45, 2.75) is 6.92 Å². The van der Waals surface area contributed by atoms with Gasteiger partial charge in [-0.05, 0) is 24.3 Å². The van der Waals surface area contributed by atoms with E-state index < -0.39 is 5.97 Å². The number of carboxylic acids is 1. The van der Waals surface area contributed by atoms with E-state index >= 15 is 0 Å². The highest BCUT2D eigenvalue weighted by Gasteiger charge is 2.17. The summed E-state index contributed by atoms with van der Waals surface area (Å²) in [6, 6.07) is 7.69. The third-order valence-corrected chi connectivity index (χ3v) is 2.42. The van der Waals surface area contributed by atoms with Crippen molar-refractivity contribution in [3.63, 3.8) is 0 Å². The van der Waals surface area contributed by atoms with Crippen molar-refractivity contribution in [3.05, 3.63) is 48.3 Å². The lowest BCUT2D eigenvalue weighted by atomic mass is 10.2. The Kier molecular flexibility index (Phi) is 3.51. The number of rotatable bonds is 3. The second-order valence-electron chi connectivity index (χ2n) is 3.76. The molecule has 0 aliphatic rings. The van der Waals surface area contributed by atoms with Crippen molar-refractivity contribution in [1.82, 2.24) is 9.97 Å². The van der Waals surface area contributed by atoms with Crippen molar-refractivity contribution < 1.29 is 14.7 Å². The summed E-state index contributed by atoms with van der Waals surface area (Å²) in [6.45, 7) is 1.36. The Labute approximate surface area is 109 Å². The summed E-state index contributed by atoms with van der Waals surface area (Å²) < 4.78 is 0. The van der Waals surface area contributed by atoms with Crippen molar-refractivity contribution >= 4 is 23.5 Å². The van der Waals surface area contributed by atoms with Gasteiger partial charge in [0, 0.05) is 19.3 Å². The summed E-state index contributed by atoms with van der Waals surface area (Å²) >= 11 is 0. The molecule has 0 aliphatic heterocycles. The third-order valence-electron chi connectivity index (χ3n) is 2.42. The lowest BCUT2D eigenvalue weighted by molar-refractivity contribution is -0.115. The van der Waals surface area contributed by atoms with Gasteiger partial charge in [-0.3, -0.25) is 4.79 Å². The molecule has 0 bridgehead atoms. The average molecular weight is 257 g/mol. The molecule has 1 aromatic carbocycles. The van der Waals surface area contributed by atoms with Gasteiger partial charge in [-0.1, -0.05) is 6.07 Å². The number of aromatic carboxylic acids is 1. The second-order valence-corrected chi connectivity index (χ2v) is 3.76. The smallest absolute Gasteiger partial charge is 0.335 e. The molecule has 6 nitrogen and oxygen atoms in total. The van der Waals surface area contributed by atoms with Crippen LogP contribution in [-0.4, -0.2) is 27.0 Å². The maximum Gasteiger partial charge on any atom is 0.335 e. The number of nitrogens with zero attached hydrogens (tertiary/aromatic N) is 3. The van der Waals surface area contributed by atoms with Gasteiger partial charge in [-0.2, -0.15) is 0 Å². The number of benzene rings is 1. The van der Waals surface area contributed by atoms with E-state index in [9.17, 15) is 9.59 Å². The van der Waals surface area contributed by atoms with Crippen LogP contribution in [0.15, 0.2) is 42.7 Å². The van der Waals surface area contributed by atoms with Crippen molar-refractivity contribution in [2.24, 2.45) is 0 Å². The molecule has 1 N–H and O–H groups in total. The standard InChI is InChI=1S/C13H11N3O3/c1-9(17)16(13-14-6-3-7-15-13)11-5-2-4-10(8-11)12(18)19/h2-8H,1H3,(H,18,19). The number of anilines is 2. The highest BCUT2D eigenvalue weighted by molar-refractivity contribution is 5.98. The van der Waals surface area contributed by atoms with E-state index in [0.29, 0.717) is 5.69 Å². The number of aromatic nitrogens is 2. The molecule has 0 aliphatic carbocycles. The van der Waals surface area contributed by atoms with Crippen molar-refractivity contribution in [3.8, 4) is 0 Å². The van der Waals surface area contributed by atoms with E-state index in [-0.39, 0.29) is 17.4 Å². The molecule has 0 saturated heterocycles. The first-order valence-corrected chi connectivity index (χ1v) is 5.50. The lowest BCUT2D eigenvalue weighted by Crippen LogP contribution is -2.24. The SMILES string of the molecule is CC(=O)N(c1cccc(C(=O)O)c1)c1ncccn1. The Morgan fingerprint density at radius 2 is 1.84 bits per heavy atom. The molecule has 0 radical (unpaired) electrons. The molecule has 0 atom stereocenters. The van der Waals surface area contributed by atoms with Crippen LogP contribution >= 0.6 is 0 Å². The summed E-state index contributed by atoms with van der Waals surface area (Å²) in [5.74, 6) is -1.15. The molecule has 2 aromatic rings. The summed E-state index contributed by atoms with van der Waals surface area (Å²) in [5.41, 5.74) is 0.512. The van der Waals surface area contributed by atoms with Gasteiger partial charge >= 0.3 is 5.97 Å². The topological polar surface area (TPSA) is 83.4 Å². The summed E-state index contributed by atoms with van der Waals surface area (Å²) in [4.78, 5) is 31.9. The van der Waals surface area contributed by atoms with Crippen LogP contribution in [0.25, 0.3) is 0 Å². The predicted octanol–water partition coefficient (Wildman–Crippen LogP) is 1.86. The van der Waals surface area contributed by atoms with Crippen LogP contribution in [0.2, 0.25) is 0 Å². The fourth-order valence-corrected chi connectivity index (χ4v) is 1.62. The number of carbonyl (C=O) groups excluding carboxylic acids is 1. The molecule has 1 amide bonds. The first kappa shape index (κ1) is 12.7. The number of carboxylic acid groups (broad SMARTS) is 1. The predicted molar refractivity (Wildman–Crippen MR) is 68.3 cm³/mol. The van der Waals surface area contributed by atoms with Crippen LogP contribution in [0.1, 0.15) is 17.3 Å². The molecular weight excluding hydrogens is 246 g/mol. The van der Waals surface area contributed by atoms with Gasteiger partial charge < -0.3 is 5.11 Å². The molecule has 0 unspecified atom stereocenters. The Balaban J connectivity index is 2.49. The zero-order valence-corrected chi connectivity index (χ0v) is 10.1. The van der Waals surface area contributed by atoms with Gasteiger partial charge in [0.2, 0.25) is 11.9 Å². The van der Waals surface area contributed by atoms with E-state index in [1.807, 2.05) is 0 Å². The quantitative estimate of drug-likeness (QED) is 0.907. The molecule has 1 heterocycles. The molecular formula is C13H11N3O3. The zero-order chi connectivity index (χ0) is 13.8. The van der Waals surface area contributed by atoms with Crippen LogP contribution in [0, 0.1) is 0 Å². The van der Waals surface area contributed by atoms with Gasteiger partial charge in [0.15, 0.2) is 0 Å². The first-order valence-electron chi connectivity index (χ1n) is 5.50. The highest BCUT2D eigenvalue weighted by Crippen LogP contribution is 2.22. The second kappa shape index (κ2) is 5.26. The Bertz CT molecular complexity index is 614. The Morgan fingerprint density at radius 1 is 1.16 bits per heavy atom. The lowest BCUT2D eigenvalue weighted by Gasteiger charge is -2.18. The summed E-state index contributed by atoms with van der Waals surface area (Å²) in [5, 5.41) is 8.97. The zero-order valence-electron chi connectivity index (χ0n) is 10.1. The monoisotopic (exact) mass is 257 g/mol. The van der Waals surface area contributed by atoms with E-state index in [0.717, 1.165) is 0 Å². The molecule has 96 valence electrons. The number of hydrogen-bond donors (Lipinski definition) is 1. The highest BCUT2D eigenvalue weighted by atomic mass is 16.4.